The van der Waals surface area contributed by atoms with Gasteiger partial charge in [-0.25, -0.2) is 13.1 Å². The van der Waals surface area contributed by atoms with E-state index in [0.717, 1.165) is 36.2 Å². The number of aryl methyl sites for hydroxylation is 1. The van der Waals surface area contributed by atoms with Gasteiger partial charge in [-0.3, -0.25) is 9.78 Å². The van der Waals surface area contributed by atoms with Crippen LogP contribution in [-0.4, -0.2) is 25.9 Å². The zero-order chi connectivity index (χ0) is 16.7. The van der Waals surface area contributed by atoms with Crippen molar-refractivity contribution in [2.75, 3.05) is 11.4 Å². The number of anilines is 1. The average Bonchev–Trinajstić information content (AvgIpc) is 2.92. The molecule has 0 saturated heterocycles. The second-order valence-electron chi connectivity index (χ2n) is 6.06. The van der Waals surface area contributed by atoms with Gasteiger partial charge in [0.15, 0.2) is 0 Å². The summed E-state index contributed by atoms with van der Waals surface area (Å²) in [5.74, 6) is 0.0574. The molecule has 4 rings (SSSR count). The van der Waals surface area contributed by atoms with E-state index >= 15 is 0 Å². The number of nitrogens with zero attached hydrogens (tertiary/aromatic N) is 2. The molecule has 2 aromatic rings. The predicted octanol–water partition coefficient (Wildman–Crippen LogP) is 1.40. The van der Waals surface area contributed by atoms with E-state index in [0.29, 0.717) is 5.69 Å². The highest BCUT2D eigenvalue weighted by molar-refractivity contribution is 7.89. The fraction of sp³-hybridized carbons (Fsp3) is 0.294. The van der Waals surface area contributed by atoms with Gasteiger partial charge in [-0.1, -0.05) is 6.07 Å². The molecule has 0 saturated carbocycles. The Hall–Kier alpha value is -2.25. The van der Waals surface area contributed by atoms with Crippen LogP contribution in [0.5, 0.6) is 0 Å². The summed E-state index contributed by atoms with van der Waals surface area (Å²) in [5.41, 5.74) is 3.35. The number of amides is 1. The number of carbonyl (C=O) groups is 1. The van der Waals surface area contributed by atoms with Gasteiger partial charge in [-0.15, -0.1) is 0 Å². The summed E-state index contributed by atoms with van der Waals surface area (Å²) in [7, 11) is -3.64. The summed E-state index contributed by atoms with van der Waals surface area (Å²) in [6.45, 7) is 0.865. The minimum atomic E-state index is -3.64. The van der Waals surface area contributed by atoms with Crippen LogP contribution >= 0.6 is 0 Å². The first-order valence-corrected chi connectivity index (χ1v) is 9.39. The highest BCUT2D eigenvalue weighted by Crippen LogP contribution is 2.38. The minimum absolute atomic E-state index is 0.0574. The van der Waals surface area contributed by atoms with E-state index in [2.05, 4.69) is 9.71 Å². The lowest BCUT2D eigenvalue weighted by Gasteiger charge is -2.26. The van der Waals surface area contributed by atoms with Crippen LogP contribution in [0.15, 0.2) is 41.4 Å². The van der Waals surface area contributed by atoms with Gasteiger partial charge in [0.1, 0.15) is 0 Å². The molecule has 0 unspecified atom stereocenters. The van der Waals surface area contributed by atoms with Crippen LogP contribution in [-0.2, 0) is 34.2 Å². The van der Waals surface area contributed by atoms with Gasteiger partial charge >= 0.3 is 0 Å². The van der Waals surface area contributed by atoms with Crippen LogP contribution in [0.3, 0.4) is 0 Å². The Bertz CT molecular complexity index is 910. The van der Waals surface area contributed by atoms with Crippen LogP contribution in [0.25, 0.3) is 0 Å². The first-order valence-electron chi connectivity index (χ1n) is 7.90. The van der Waals surface area contributed by atoms with Gasteiger partial charge in [0.25, 0.3) is 0 Å². The molecule has 124 valence electrons. The normalized spacial score (nSPS) is 16.3. The number of nitrogens with one attached hydrogen (secondary N) is 1. The Balaban J connectivity index is 1.65. The molecule has 1 aromatic carbocycles. The third kappa shape index (κ3) is 2.59. The monoisotopic (exact) mass is 343 g/mol. The maximum Gasteiger partial charge on any atom is 0.240 e. The summed E-state index contributed by atoms with van der Waals surface area (Å²) in [4.78, 5) is 18.2. The van der Waals surface area contributed by atoms with Crippen molar-refractivity contribution < 1.29 is 13.2 Å². The van der Waals surface area contributed by atoms with Gasteiger partial charge in [-0.05, 0) is 48.2 Å². The lowest BCUT2D eigenvalue weighted by atomic mass is 10.0. The maximum atomic E-state index is 12.6. The maximum absolute atomic E-state index is 12.6. The van der Waals surface area contributed by atoms with Crippen LogP contribution in [0.4, 0.5) is 5.69 Å². The quantitative estimate of drug-likeness (QED) is 0.910. The lowest BCUT2D eigenvalue weighted by molar-refractivity contribution is -0.117. The summed E-state index contributed by atoms with van der Waals surface area (Å²) < 4.78 is 27.8. The number of hydrogen-bond acceptors (Lipinski definition) is 4. The van der Waals surface area contributed by atoms with E-state index in [9.17, 15) is 13.2 Å². The van der Waals surface area contributed by atoms with Crippen molar-refractivity contribution in [1.82, 2.24) is 9.71 Å². The molecule has 1 amide bonds. The number of aromatic nitrogens is 1. The number of benzene rings is 1. The fourth-order valence-electron chi connectivity index (χ4n) is 3.36. The Morgan fingerprint density at radius 3 is 2.83 bits per heavy atom. The average molecular weight is 343 g/mol. The summed E-state index contributed by atoms with van der Waals surface area (Å²) in [6, 6.07) is 8.70. The van der Waals surface area contributed by atoms with Crippen LogP contribution in [0, 0.1) is 0 Å². The van der Waals surface area contributed by atoms with Gasteiger partial charge in [-0.2, -0.15) is 0 Å². The molecular weight excluding hydrogens is 326 g/mol. The standard InChI is InChI=1S/C17H17N3O3S/c21-16-10-13-9-15(8-12-4-3-7-20(16)17(12)13)24(22,23)19-11-14-5-1-2-6-18-14/h1-2,5-6,8-9,19H,3-4,7,10-11H2. The highest BCUT2D eigenvalue weighted by Gasteiger charge is 2.33. The molecule has 0 spiro atoms. The predicted molar refractivity (Wildman–Crippen MR) is 89.1 cm³/mol. The molecule has 0 bridgehead atoms. The zero-order valence-electron chi connectivity index (χ0n) is 13.0. The van der Waals surface area contributed by atoms with E-state index < -0.39 is 10.0 Å². The van der Waals surface area contributed by atoms with E-state index in [1.165, 1.54) is 0 Å². The molecule has 0 radical (unpaired) electrons. The van der Waals surface area contributed by atoms with Crippen molar-refractivity contribution in [1.29, 1.82) is 0 Å². The largest absolute Gasteiger partial charge is 0.312 e. The molecule has 0 fully saturated rings. The second kappa shape index (κ2) is 5.68. The van der Waals surface area contributed by atoms with Gasteiger partial charge in [0.05, 0.1) is 29.2 Å². The molecule has 2 aliphatic rings. The SMILES string of the molecule is O=C1Cc2cc(S(=O)(=O)NCc3ccccn3)cc3c2N1CCC3. The van der Waals surface area contributed by atoms with Crippen molar-refractivity contribution in [2.45, 2.75) is 30.7 Å². The van der Waals surface area contributed by atoms with E-state index in [1.54, 1.807) is 35.4 Å². The first-order chi connectivity index (χ1) is 11.5. The smallest absolute Gasteiger partial charge is 0.240 e. The Kier molecular flexibility index (Phi) is 3.62. The second-order valence-corrected chi connectivity index (χ2v) is 7.83. The summed E-state index contributed by atoms with van der Waals surface area (Å²) >= 11 is 0. The number of hydrogen-bond donors (Lipinski definition) is 1. The van der Waals surface area contributed by atoms with Crippen molar-refractivity contribution >= 4 is 21.6 Å². The van der Waals surface area contributed by atoms with E-state index in [4.69, 9.17) is 0 Å². The molecule has 1 N–H and O–H groups in total. The van der Waals surface area contributed by atoms with Crippen molar-refractivity contribution in [3.8, 4) is 0 Å². The lowest BCUT2D eigenvalue weighted by Crippen LogP contribution is -2.31. The first kappa shape index (κ1) is 15.3. The molecule has 6 nitrogen and oxygen atoms in total. The van der Waals surface area contributed by atoms with Crippen molar-refractivity contribution in [2.24, 2.45) is 0 Å². The number of pyridine rings is 1. The summed E-state index contributed by atoms with van der Waals surface area (Å²) in [5, 5.41) is 0. The number of sulfonamides is 1. The zero-order valence-corrected chi connectivity index (χ0v) is 13.8. The molecule has 2 aliphatic heterocycles. The molecule has 7 heteroatoms. The Morgan fingerprint density at radius 1 is 1.21 bits per heavy atom. The molecular formula is C17H17N3O3S. The van der Waals surface area contributed by atoms with Gasteiger partial charge < -0.3 is 4.90 Å². The van der Waals surface area contributed by atoms with Crippen LogP contribution < -0.4 is 9.62 Å². The molecule has 1 aromatic heterocycles. The van der Waals surface area contributed by atoms with Gasteiger partial charge in [0.2, 0.25) is 15.9 Å². The third-order valence-electron chi connectivity index (χ3n) is 4.46. The number of carbonyl (C=O) groups excluding carboxylic acids is 1. The van der Waals surface area contributed by atoms with Gasteiger partial charge in [0, 0.05) is 12.7 Å². The number of rotatable bonds is 4. The van der Waals surface area contributed by atoms with Crippen molar-refractivity contribution in [3.05, 3.63) is 53.3 Å². The summed E-state index contributed by atoms with van der Waals surface area (Å²) in [6.07, 6.45) is 3.58. The molecule has 24 heavy (non-hydrogen) atoms. The van der Waals surface area contributed by atoms with Crippen LogP contribution in [0.1, 0.15) is 23.2 Å². The third-order valence-corrected chi connectivity index (χ3v) is 5.84. The minimum Gasteiger partial charge on any atom is -0.312 e. The fourth-order valence-corrected chi connectivity index (χ4v) is 4.46. The van der Waals surface area contributed by atoms with Crippen LogP contribution in [0.2, 0.25) is 0 Å². The molecule has 3 heterocycles. The van der Waals surface area contributed by atoms with E-state index in [1.807, 2.05) is 6.07 Å². The van der Waals surface area contributed by atoms with E-state index in [-0.39, 0.29) is 23.8 Å². The molecule has 0 aliphatic carbocycles. The Morgan fingerprint density at radius 2 is 2.04 bits per heavy atom. The topological polar surface area (TPSA) is 79.4 Å². The van der Waals surface area contributed by atoms with Crippen molar-refractivity contribution in [3.63, 3.8) is 0 Å². The Labute approximate surface area is 140 Å². The highest BCUT2D eigenvalue weighted by atomic mass is 32.2. The molecule has 0 atom stereocenters.